The number of fused-ring (bicyclic) bond motifs is 5. The van der Waals surface area contributed by atoms with Crippen LogP contribution in [0.25, 0.3) is 0 Å². The van der Waals surface area contributed by atoms with E-state index < -0.39 is 0 Å². The Balaban J connectivity index is 1.68. The van der Waals surface area contributed by atoms with E-state index in [1.165, 1.54) is 0 Å². The van der Waals surface area contributed by atoms with E-state index in [9.17, 15) is 0 Å². The smallest absolute Gasteiger partial charge is 0.0144 e. The summed E-state index contributed by atoms with van der Waals surface area (Å²) in [6.07, 6.45) is 0. The van der Waals surface area contributed by atoms with Crippen LogP contribution in [0.3, 0.4) is 0 Å². The average Bonchev–Trinajstić information content (AvgIpc) is 3.20. The van der Waals surface area contributed by atoms with E-state index in [-0.39, 0.29) is 15.8 Å². The molecule has 2 heteroatoms. The fourth-order valence-electron chi connectivity index (χ4n) is 5.71. The Kier molecular flexibility index (Phi) is 3.83. The van der Waals surface area contributed by atoms with Crippen LogP contribution in [0, 0.1) is 5.41 Å². The molecule has 2 aromatic carbocycles. The van der Waals surface area contributed by atoms with E-state index in [2.05, 4.69) is 94.2 Å². The molecule has 2 aromatic rings. The second kappa shape index (κ2) is 5.89. The van der Waals surface area contributed by atoms with Gasteiger partial charge in [-0.25, -0.2) is 0 Å². The van der Waals surface area contributed by atoms with Crippen LogP contribution in [-0.4, -0.2) is 17.0 Å². The van der Waals surface area contributed by atoms with Gasteiger partial charge in [0.05, 0.1) is 0 Å². The molecule has 0 spiro atoms. The summed E-state index contributed by atoms with van der Waals surface area (Å²) in [4.78, 5) is 0. The summed E-state index contributed by atoms with van der Waals surface area (Å²) in [6.45, 7) is 9.87. The first-order valence-corrected chi connectivity index (χ1v) is 12.5. The molecule has 6 atom stereocenters. The first-order valence-electron chi connectivity index (χ1n) is 9.58. The first-order chi connectivity index (χ1) is 12.5. The second-order valence-corrected chi connectivity index (χ2v) is 12.8. The van der Waals surface area contributed by atoms with Gasteiger partial charge >= 0.3 is 0 Å². The Labute approximate surface area is 159 Å². The molecule has 0 nitrogen and oxygen atoms in total. The van der Waals surface area contributed by atoms with Crippen LogP contribution >= 0.6 is 15.8 Å². The third kappa shape index (κ3) is 2.04. The highest BCUT2D eigenvalue weighted by molar-refractivity contribution is 7.74. The Hall–Kier alpha value is -1.22. The lowest BCUT2D eigenvalue weighted by Gasteiger charge is -2.40. The van der Waals surface area contributed by atoms with Crippen molar-refractivity contribution >= 4 is 26.5 Å². The van der Waals surface area contributed by atoms with Gasteiger partial charge in [-0.2, -0.15) is 0 Å². The molecule has 2 bridgehead atoms. The van der Waals surface area contributed by atoms with Crippen molar-refractivity contribution in [2.45, 2.75) is 44.7 Å². The zero-order valence-electron chi connectivity index (χ0n) is 16.0. The maximum Gasteiger partial charge on any atom is 0.0144 e. The van der Waals surface area contributed by atoms with E-state index in [1.807, 2.05) is 0 Å². The molecular weight excluding hydrogens is 350 g/mol. The Morgan fingerprint density at radius 2 is 1.35 bits per heavy atom. The van der Waals surface area contributed by atoms with Gasteiger partial charge in [0.15, 0.2) is 0 Å². The van der Waals surface area contributed by atoms with Crippen LogP contribution in [0.1, 0.15) is 27.7 Å². The summed E-state index contributed by atoms with van der Waals surface area (Å²) in [5.41, 5.74) is 7.66. The van der Waals surface area contributed by atoms with Crippen LogP contribution in [0.5, 0.6) is 0 Å². The molecule has 3 heterocycles. The number of rotatable bonds is 2. The largest absolute Gasteiger partial charge is 0.0653 e. The lowest BCUT2D eigenvalue weighted by atomic mass is 9.69. The maximum atomic E-state index is 2.67. The third-order valence-electron chi connectivity index (χ3n) is 7.13. The fraction of sp³-hybridized carbons (Fsp3) is 0.333. The molecule has 4 unspecified atom stereocenters. The van der Waals surface area contributed by atoms with Crippen molar-refractivity contribution in [3.63, 3.8) is 0 Å². The zero-order valence-corrected chi connectivity index (χ0v) is 17.8. The van der Waals surface area contributed by atoms with Crippen molar-refractivity contribution in [3.8, 4) is 0 Å². The molecule has 0 radical (unpaired) electrons. The molecule has 0 N–H and O–H groups in total. The van der Waals surface area contributed by atoms with E-state index >= 15 is 0 Å². The van der Waals surface area contributed by atoms with Crippen LogP contribution < -0.4 is 10.6 Å². The number of hydrogen-bond donors (Lipinski definition) is 0. The average molecular weight is 376 g/mol. The number of benzene rings is 2. The molecule has 1 saturated heterocycles. The highest BCUT2D eigenvalue weighted by Gasteiger charge is 2.66. The van der Waals surface area contributed by atoms with Gasteiger partial charge in [-0.1, -0.05) is 98.0 Å². The first kappa shape index (κ1) is 16.9. The lowest BCUT2D eigenvalue weighted by Crippen LogP contribution is -2.40. The highest BCUT2D eigenvalue weighted by Crippen LogP contribution is 2.81. The van der Waals surface area contributed by atoms with Gasteiger partial charge in [0.1, 0.15) is 0 Å². The molecule has 0 aliphatic carbocycles. The molecule has 1 fully saturated rings. The molecule has 0 aromatic heterocycles. The minimum atomic E-state index is -0.226. The van der Waals surface area contributed by atoms with Crippen molar-refractivity contribution in [3.05, 3.63) is 83.2 Å². The minimum Gasteiger partial charge on any atom is -0.0653 e. The van der Waals surface area contributed by atoms with Gasteiger partial charge in [0, 0.05) is 22.4 Å². The number of allylic oxidation sites excluding steroid dienone is 3. The van der Waals surface area contributed by atoms with Crippen molar-refractivity contribution in [1.29, 1.82) is 0 Å². The molecule has 132 valence electrons. The van der Waals surface area contributed by atoms with Gasteiger partial charge in [-0.05, 0) is 39.3 Å². The van der Waals surface area contributed by atoms with Crippen molar-refractivity contribution < 1.29 is 0 Å². The van der Waals surface area contributed by atoms with Gasteiger partial charge < -0.3 is 0 Å². The minimum absolute atomic E-state index is 0.154. The van der Waals surface area contributed by atoms with E-state index in [0.717, 1.165) is 17.0 Å². The quantitative estimate of drug-likeness (QED) is 0.446. The Bertz CT molecular complexity index is 912. The summed E-state index contributed by atoms with van der Waals surface area (Å²) in [5, 5.41) is 3.18. The van der Waals surface area contributed by atoms with Crippen LogP contribution in [-0.2, 0) is 0 Å². The summed E-state index contributed by atoms with van der Waals surface area (Å²) in [7, 11) is -0.380. The Morgan fingerprint density at radius 1 is 0.769 bits per heavy atom. The molecule has 3 aliphatic heterocycles. The topological polar surface area (TPSA) is 0 Å². The predicted octanol–water partition coefficient (Wildman–Crippen LogP) is 5.99. The molecule has 0 amide bonds. The van der Waals surface area contributed by atoms with Gasteiger partial charge in [0.25, 0.3) is 0 Å². The molecule has 3 aliphatic rings. The highest BCUT2D eigenvalue weighted by atomic mass is 31.1. The van der Waals surface area contributed by atoms with Crippen molar-refractivity contribution in [2.24, 2.45) is 5.41 Å². The van der Waals surface area contributed by atoms with Crippen LogP contribution in [0.2, 0.25) is 0 Å². The normalized spacial score (nSPS) is 37.8. The summed E-state index contributed by atoms with van der Waals surface area (Å²) in [6, 6.07) is 22.7. The van der Waals surface area contributed by atoms with Gasteiger partial charge in [0.2, 0.25) is 0 Å². The summed E-state index contributed by atoms with van der Waals surface area (Å²) < 4.78 is 0. The molecule has 0 saturated carbocycles. The molecule has 5 rings (SSSR count). The monoisotopic (exact) mass is 376 g/mol. The molecular formula is C24H26P2. The van der Waals surface area contributed by atoms with E-state index in [0.29, 0.717) is 5.41 Å². The summed E-state index contributed by atoms with van der Waals surface area (Å²) in [5.74, 6) is 2.67. The summed E-state index contributed by atoms with van der Waals surface area (Å²) >= 11 is 0. The molecule has 26 heavy (non-hydrogen) atoms. The zero-order chi connectivity index (χ0) is 18.1. The number of hydrogen-bond acceptors (Lipinski definition) is 0. The maximum absolute atomic E-state index is 2.67. The van der Waals surface area contributed by atoms with Crippen molar-refractivity contribution in [1.82, 2.24) is 0 Å². The SMILES string of the molecule is CC1=CP(c2ccccc2)C2[C@@H]3C(C)=C(C)[C@@H](P3c3ccccc3)C12C. The van der Waals surface area contributed by atoms with Gasteiger partial charge in [-0.3, -0.25) is 0 Å². The van der Waals surface area contributed by atoms with Crippen molar-refractivity contribution in [2.75, 3.05) is 0 Å². The van der Waals surface area contributed by atoms with Gasteiger partial charge in [-0.15, -0.1) is 0 Å². The van der Waals surface area contributed by atoms with Crippen LogP contribution in [0.15, 0.2) is 83.2 Å². The standard InChI is InChI=1S/C24H26P2/c1-16-15-25(19-11-7-5-8-12-19)23-21-17(2)18(3)22(24(16,23)4)26(21)20-13-9-6-10-14-20/h5-15,21-23H,1-4H3/t21-,22+,23?,24?,25?,26?/m0/s1. The Morgan fingerprint density at radius 3 is 1.96 bits per heavy atom. The predicted molar refractivity (Wildman–Crippen MR) is 118 cm³/mol. The van der Waals surface area contributed by atoms with Crippen LogP contribution in [0.4, 0.5) is 0 Å². The second-order valence-electron chi connectivity index (χ2n) is 8.24. The lowest BCUT2D eigenvalue weighted by molar-refractivity contribution is 0.400. The van der Waals surface area contributed by atoms with E-state index in [4.69, 9.17) is 0 Å². The third-order valence-corrected chi connectivity index (χ3v) is 14.0. The fourth-order valence-corrected chi connectivity index (χ4v) is 14.2. The van der Waals surface area contributed by atoms with E-state index in [1.54, 1.807) is 27.3 Å².